The van der Waals surface area contributed by atoms with E-state index in [0.29, 0.717) is 5.56 Å². The van der Waals surface area contributed by atoms with Crippen LogP contribution >= 0.6 is 15.9 Å². The number of nitrogens with two attached hydrogens (primary N) is 1. The highest BCUT2D eigenvalue weighted by molar-refractivity contribution is 9.10. The Hall–Kier alpha value is -2.87. The first kappa shape index (κ1) is 20.9. The molecule has 4 N–H and O–H groups in total. The second-order valence-corrected chi connectivity index (χ2v) is 8.77. The van der Waals surface area contributed by atoms with Crippen LogP contribution in [-0.4, -0.2) is 28.6 Å². The van der Waals surface area contributed by atoms with Gasteiger partial charge in [-0.05, 0) is 35.7 Å². The van der Waals surface area contributed by atoms with Gasteiger partial charge in [-0.25, -0.2) is 4.79 Å². The van der Waals surface area contributed by atoms with E-state index < -0.39 is 17.0 Å². The summed E-state index contributed by atoms with van der Waals surface area (Å²) in [6, 6.07) is 9.19. The van der Waals surface area contributed by atoms with E-state index in [4.69, 9.17) is 10.5 Å². The normalized spacial score (nSPS) is 13.7. The van der Waals surface area contributed by atoms with E-state index in [-0.39, 0.29) is 12.5 Å². The molecule has 2 amide bonds. The summed E-state index contributed by atoms with van der Waals surface area (Å²) in [5.41, 5.74) is 5.76. The predicted molar refractivity (Wildman–Crippen MR) is 114 cm³/mol. The lowest BCUT2D eigenvalue weighted by atomic mass is 9.69. The molecule has 0 aliphatic rings. The molecule has 0 saturated carbocycles. The number of halogens is 1. The SMILES string of the molecule is CC(C)(C)C(COC(N)=O)(NC(=O)c1cccnc1)c1c[nH]c2ccc(Br)cc12. The number of aromatic nitrogens is 2. The van der Waals surface area contributed by atoms with Crippen LogP contribution in [0.3, 0.4) is 0 Å². The maximum Gasteiger partial charge on any atom is 0.404 e. The number of fused-ring (bicyclic) bond motifs is 1. The van der Waals surface area contributed by atoms with Crippen LogP contribution in [0.1, 0.15) is 36.7 Å². The molecular formula is C21H23BrN4O3. The van der Waals surface area contributed by atoms with Gasteiger partial charge < -0.3 is 20.8 Å². The second-order valence-electron chi connectivity index (χ2n) is 7.85. The number of aromatic amines is 1. The molecule has 3 rings (SSSR count). The standard InChI is InChI=1S/C21H23BrN4O3/c1-20(2,3)21(12-29-19(23)28,26-18(27)13-5-4-8-24-10-13)16-11-25-17-7-6-14(22)9-15(16)17/h4-11,25H,12H2,1-3H3,(H2,23,28)(H,26,27). The molecule has 7 nitrogen and oxygen atoms in total. The monoisotopic (exact) mass is 458 g/mol. The first-order valence-electron chi connectivity index (χ1n) is 9.06. The van der Waals surface area contributed by atoms with Crippen LogP contribution < -0.4 is 11.1 Å². The largest absolute Gasteiger partial charge is 0.447 e. The summed E-state index contributed by atoms with van der Waals surface area (Å²) in [6.45, 7) is 5.78. The van der Waals surface area contributed by atoms with Gasteiger partial charge in [0.15, 0.2) is 0 Å². The van der Waals surface area contributed by atoms with Gasteiger partial charge in [0.2, 0.25) is 0 Å². The van der Waals surface area contributed by atoms with Crippen molar-refractivity contribution < 1.29 is 14.3 Å². The molecular weight excluding hydrogens is 436 g/mol. The Balaban J connectivity index is 2.19. The molecule has 8 heteroatoms. The van der Waals surface area contributed by atoms with Gasteiger partial charge in [-0.3, -0.25) is 9.78 Å². The Kier molecular flexibility index (Phi) is 5.66. The topological polar surface area (TPSA) is 110 Å². The van der Waals surface area contributed by atoms with Crippen LogP contribution in [-0.2, 0) is 10.3 Å². The van der Waals surface area contributed by atoms with Crippen molar-refractivity contribution in [2.24, 2.45) is 11.1 Å². The molecule has 0 saturated heterocycles. The lowest BCUT2D eigenvalue weighted by Crippen LogP contribution is -2.58. The zero-order valence-electron chi connectivity index (χ0n) is 16.5. The zero-order chi connectivity index (χ0) is 21.2. The van der Waals surface area contributed by atoms with E-state index in [1.54, 1.807) is 18.3 Å². The number of nitrogens with one attached hydrogen (secondary N) is 2. The first-order valence-corrected chi connectivity index (χ1v) is 9.85. The number of primary amides is 1. The fraction of sp³-hybridized carbons (Fsp3) is 0.286. The third-order valence-electron chi connectivity index (χ3n) is 5.07. The number of ether oxygens (including phenoxy) is 1. The number of hydrogen-bond donors (Lipinski definition) is 3. The maximum atomic E-state index is 13.1. The van der Waals surface area contributed by atoms with E-state index in [1.165, 1.54) is 6.20 Å². The number of H-pyrrole nitrogens is 1. The summed E-state index contributed by atoms with van der Waals surface area (Å²) in [6.07, 6.45) is 4.01. The van der Waals surface area contributed by atoms with Crippen molar-refractivity contribution in [1.29, 1.82) is 0 Å². The molecule has 0 spiro atoms. The Morgan fingerprint density at radius 2 is 2.03 bits per heavy atom. The second kappa shape index (κ2) is 7.87. The molecule has 1 atom stereocenters. The highest BCUT2D eigenvalue weighted by atomic mass is 79.9. The highest BCUT2D eigenvalue weighted by Crippen LogP contribution is 2.43. The predicted octanol–water partition coefficient (Wildman–Crippen LogP) is 4.09. The van der Waals surface area contributed by atoms with E-state index in [9.17, 15) is 9.59 Å². The third kappa shape index (κ3) is 4.12. The summed E-state index contributed by atoms with van der Waals surface area (Å²) in [4.78, 5) is 31.8. The molecule has 0 bridgehead atoms. The lowest BCUT2D eigenvalue weighted by Gasteiger charge is -2.44. The summed E-state index contributed by atoms with van der Waals surface area (Å²) in [5, 5.41) is 4.01. The van der Waals surface area contributed by atoms with Crippen LogP contribution in [0.15, 0.2) is 53.4 Å². The molecule has 1 unspecified atom stereocenters. The van der Waals surface area contributed by atoms with Gasteiger partial charge in [-0.1, -0.05) is 36.7 Å². The molecule has 3 aromatic rings. The fourth-order valence-electron chi connectivity index (χ4n) is 3.38. The van der Waals surface area contributed by atoms with Gasteiger partial charge in [0.1, 0.15) is 12.1 Å². The number of hydrogen-bond acceptors (Lipinski definition) is 4. The van der Waals surface area contributed by atoms with E-state index in [2.05, 4.69) is 31.2 Å². The van der Waals surface area contributed by atoms with E-state index in [1.807, 2.05) is 45.2 Å². The van der Waals surface area contributed by atoms with Crippen molar-refractivity contribution in [2.45, 2.75) is 26.3 Å². The quantitative estimate of drug-likeness (QED) is 0.534. The van der Waals surface area contributed by atoms with Gasteiger partial charge in [-0.15, -0.1) is 0 Å². The smallest absolute Gasteiger partial charge is 0.404 e. The Bertz CT molecular complexity index is 1040. The molecule has 0 aliphatic carbocycles. The van der Waals surface area contributed by atoms with Crippen LogP contribution in [0.4, 0.5) is 4.79 Å². The molecule has 152 valence electrons. The zero-order valence-corrected chi connectivity index (χ0v) is 18.0. The van der Waals surface area contributed by atoms with Crippen LogP contribution in [0.25, 0.3) is 10.9 Å². The summed E-state index contributed by atoms with van der Waals surface area (Å²) >= 11 is 3.50. The molecule has 2 aromatic heterocycles. The van der Waals surface area contributed by atoms with E-state index in [0.717, 1.165) is 20.9 Å². The number of amides is 2. The minimum absolute atomic E-state index is 0.128. The molecule has 0 radical (unpaired) electrons. The van der Waals surface area contributed by atoms with Crippen LogP contribution in [0.5, 0.6) is 0 Å². The minimum atomic E-state index is -1.06. The van der Waals surface area contributed by atoms with Gasteiger partial charge in [0.25, 0.3) is 5.91 Å². The molecule has 29 heavy (non-hydrogen) atoms. The summed E-state index contributed by atoms with van der Waals surface area (Å²) in [5.74, 6) is -0.328. The average molecular weight is 459 g/mol. The van der Waals surface area contributed by atoms with Crippen LogP contribution in [0.2, 0.25) is 0 Å². The molecule has 2 heterocycles. The minimum Gasteiger partial charge on any atom is -0.447 e. The molecule has 1 aromatic carbocycles. The third-order valence-corrected chi connectivity index (χ3v) is 5.56. The van der Waals surface area contributed by atoms with Gasteiger partial charge in [0, 0.05) is 39.5 Å². The molecule has 0 fully saturated rings. The van der Waals surface area contributed by atoms with Gasteiger partial charge in [0.05, 0.1) is 5.56 Å². The van der Waals surface area contributed by atoms with Crippen molar-refractivity contribution in [3.8, 4) is 0 Å². The number of carbonyl (C=O) groups is 2. The van der Waals surface area contributed by atoms with Gasteiger partial charge >= 0.3 is 6.09 Å². The number of carbonyl (C=O) groups excluding carboxylic acids is 2. The van der Waals surface area contributed by atoms with Crippen molar-refractivity contribution in [1.82, 2.24) is 15.3 Å². The fourth-order valence-corrected chi connectivity index (χ4v) is 3.74. The van der Waals surface area contributed by atoms with Crippen molar-refractivity contribution in [3.63, 3.8) is 0 Å². The summed E-state index contributed by atoms with van der Waals surface area (Å²) < 4.78 is 6.15. The van der Waals surface area contributed by atoms with Crippen molar-refractivity contribution in [2.75, 3.05) is 6.61 Å². The molecule has 0 aliphatic heterocycles. The van der Waals surface area contributed by atoms with Gasteiger partial charge in [-0.2, -0.15) is 0 Å². The van der Waals surface area contributed by atoms with E-state index >= 15 is 0 Å². The number of nitrogens with zero attached hydrogens (tertiary/aromatic N) is 1. The maximum absolute atomic E-state index is 13.1. The number of pyridine rings is 1. The lowest BCUT2D eigenvalue weighted by molar-refractivity contribution is 0.0379. The number of benzene rings is 1. The summed E-state index contributed by atoms with van der Waals surface area (Å²) in [7, 11) is 0. The first-order chi connectivity index (χ1) is 13.6. The Morgan fingerprint density at radius 1 is 1.28 bits per heavy atom. The van der Waals surface area contributed by atoms with Crippen molar-refractivity contribution in [3.05, 3.63) is 64.5 Å². The number of rotatable bonds is 5. The Labute approximate surface area is 177 Å². The average Bonchev–Trinajstić information content (AvgIpc) is 3.08. The Morgan fingerprint density at radius 3 is 2.66 bits per heavy atom. The van der Waals surface area contributed by atoms with Crippen LogP contribution in [0, 0.1) is 5.41 Å². The van der Waals surface area contributed by atoms with Crippen molar-refractivity contribution >= 4 is 38.8 Å². The highest BCUT2D eigenvalue weighted by Gasteiger charge is 2.47.